The van der Waals surface area contributed by atoms with Crippen LogP contribution in [0, 0.1) is 0 Å². The third-order valence-electron chi connectivity index (χ3n) is 1.20. The fourth-order valence-electron chi connectivity index (χ4n) is 0.845. The molecule has 0 atom stereocenters. The lowest BCUT2D eigenvalue weighted by Crippen LogP contribution is -2.09. The van der Waals surface area contributed by atoms with E-state index < -0.39 is 0 Å². The van der Waals surface area contributed by atoms with Gasteiger partial charge in [-0.2, -0.15) is 0 Å². The van der Waals surface area contributed by atoms with Gasteiger partial charge in [0.25, 0.3) is 0 Å². The Hall–Kier alpha value is -0.760. The number of rotatable bonds is 5. The standard InChI is InChI=1S/C9H17NO/c1-5-10-9(3)6-8(2)7-11-4/h6,10H,3,5,7H2,1-2,4H3/b8-6+. The first-order valence-electron chi connectivity index (χ1n) is 3.79. The Labute approximate surface area is 68.9 Å². The van der Waals surface area contributed by atoms with Crippen molar-refractivity contribution in [3.05, 3.63) is 23.9 Å². The molecule has 0 unspecified atom stereocenters. The van der Waals surface area contributed by atoms with E-state index in [0.717, 1.165) is 12.2 Å². The van der Waals surface area contributed by atoms with Crippen LogP contribution >= 0.6 is 0 Å². The number of allylic oxidation sites excluding steroid dienone is 1. The minimum absolute atomic E-state index is 0.671. The van der Waals surface area contributed by atoms with Crippen molar-refractivity contribution in [2.24, 2.45) is 0 Å². The average molecular weight is 155 g/mol. The van der Waals surface area contributed by atoms with Gasteiger partial charge in [0.15, 0.2) is 0 Å². The van der Waals surface area contributed by atoms with Gasteiger partial charge in [-0.3, -0.25) is 0 Å². The molecule has 0 aromatic carbocycles. The van der Waals surface area contributed by atoms with Crippen LogP contribution in [0.3, 0.4) is 0 Å². The summed E-state index contributed by atoms with van der Waals surface area (Å²) in [6, 6.07) is 0. The molecule has 0 aromatic heterocycles. The van der Waals surface area contributed by atoms with Crippen molar-refractivity contribution < 1.29 is 4.74 Å². The summed E-state index contributed by atoms with van der Waals surface area (Å²) in [4.78, 5) is 0. The summed E-state index contributed by atoms with van der Waals surface area (Å²) in [5.74, 6) is 0. The number of hydrogen-bond donors (Lipinski definition) is 1. The van der Waals surface area contributed by atoms with Crippen LogP contribution < -0.4 is 5.32 Å². The van der Waals surface area contributed by atoms with Gasteiger partial charge in [-0.05, 0) is 25.5 Å². The van der Waals surface area contributed by atoms with Crippen LogP contribution in [0.1, 0.15) is 13.8 Å². The molecule has 2 nitrogen and oxygen atoms in total. The predicted octanol–water partition coefficient (Wildman–Crippen LogP) is 1.70. The first kappa shape index (κ1) is 10.2. The Morgan fingerprint density at radius 2 is 2.27 bits per heavy atom. The smallest absolute Gasteiger partial charge is 0.0674 e. The highest BCUT2D eigenvalue weighted by Crippen LogP contribution is 1.96. The third-order valence-corrected chi connectivity index (χ3v) is 1.20. The normalized spacial score (nSPS) is 11.4. The van der Waals surface area contributed by atoms with Crippen molar-refractivity contribution in [2.75, 3.05) is 20.3 Å². The largest absolute Gasteiger partial charge is 0.386 e. The average Bonchev–Trinajstić information content (AvgIpc) is 1.87. The van der Waals surface area contributed by atoms with Gasteiger partial charge < -0.3 is 10.1 Å². The van der Waals surface area contributed by atoms with E-state index in [2.05, 4.69) is 11.9 Å². The molecule has 11 heavy (non-hydrogen) atoms. The third kappa shape index (κ3) is 5.67. The van der Waals surface area contributed by atoms with E-state index in [9.17, 15) is 0 Å². The van der Waals surface area contributed by atoms with E-state index in [4.69, 9.17) is 4.74 Å². The first-order valence-corrected chi connectivity index (χ1v) is 3.79. The lowest BCUT2D eigenvalue weighted by atomic mass is 10.2. The zero-order valence-corrected chi connectivity index (χ0v) is 7.61. The van der Waals surface area contributed by atoms with Gasteiger partial charge in [-0.25, -0.2) is 0 Å². The summed E-state index contributed by atoms with van der Waals surface area (Å²) in [6.07, 6.45) is 1.99. The summed E-state index contributed by atoms with van der Waals surface area (Å²) in [6.45, 7) is 9.47. The maximum atomic E-state index is 4.95. The second-order valence-electron chi connectivity index (χ2n) is 2.48. The molecule has 0 aliphatic rings. The molecule has 0 saturated carbocycles. The molecular formula is C9H17NO. The lowest BCUT2D eigenvalue weighted by molar-refractivity contribution is 0.226. The highest BCUT2D eigenvalue weighted by Gasteiger charge is 1.88. The molecule has 0 radical (unpaired) electrons. The Morgan fingerprint density at radius 1 is 1.64 bits per heavy atom. The van der Waals surface area contributed by atoms with Crippen LogP contribution in [0.15, 0.2) is 23.9 Å². The minimum Gasteiger partial charge on any atom is -0.386 e. The summed E-state index contributed by atoms with van der Waals surface area (Å²) >= 11 is 0. The van der Waals surface area contributed by atoms with Crippen LogP contribution in [-0.2, 0) is 4.74 Å². The molecule has 2 heteroatoms. The molecule has 1 N–H and O–H groups in total. The molecule has 64 valence electrons. The fraction of sp³-hybridized carbons (Fsp3) is 0.556. The van der Waals surface area contributed by atoms with Gasteiger partial charge in [0, 0.05) is 19.4 Å². The molecule has 0 rings (SSSR count). The molecule has 0 aliphatic carbocycles. The number of methoxy groups -OCH3 is 1. The van der Waals surface area contributed by atoms with Crippen LogP contribution in [0.25, 0.3) is 0 Å². The van der Waals surface area contributed by atoms with Crippen molar-refractivity contribution >= 4 is 0 Å². The molecular weight excluding hydrogens is 138 g/mol. The van der Waals surface area contributed by atoms with E-state index in [1.54, 1.807) is 7.11 Å². The zero-order valence-electron chi connectivity index (χ0n) is 7.61. The van der Waals surface area contributed by atoms with Gasteiger partial charge in [0.2, 0.25) is 0 Å². The van der Waals surface area contributed by atoms with Crippen LogP contribution in [0.5, 0.6) is 0 Å². The summed E-state index contributed by atoms with van der Waals surface area (Å²) in [5.41, 5.74) is 2.13. The van der Waals surface area contributed by atoms with E-state index in [-0.39, 0.29) is 0 Å². The fourth-order valence-corrected chi connectivity index (χ4v) is 0.845. The SMILES string of the molecule is C=C(/C=C(\C)COC)NCC. The monoisotopic (exact) mass is 155 g/mol. The van der Waals surface area contributed by atoms with Gasteiger partial charge in [0.05, 0.1) is 6.61 Å². The van der Waals surface area contributed by atoms with Crippen molar-refractivity contribution in [3.63, 3.8) is 0 Å². The molecule has 0 bridgehead atoms. The van der Waals surface area contributed by atoms with Crippen molar-refractivity contribution in [3.8, 4) is 0 Å². The van der Waals surface area contributed by atoms with E-state index >= 15 is 0 Å². The number of hydrogen-bond acceptors (Lipinski definition) is 2. The molecule has 0 amide bonds. The van der Waals surface area contributed by atoms with E-state index in [0.29, 0.717) is 6.61 Å². The molecule has 0 aromatic rings. The van der Waals surface area contributed by atoms with Crippen molar-refractivity contribution in [1.29, 1.82) is 0 Å². The molecule has 0 aliphatic heterocycles. The Kier molecular flexibility index (Phi) is 5.57. The highest BCUT2D eigenvalue weighted by atomic mass is 16.5. The number of nitrogens with one attached hydrogen (secondary N) is 1. The Bertz CT molecular complexity index is 150. The quantitative estimate of drug-likeness (QED) is 0.610. The van der Waals surface area contributed by atoms with Gasteiger partial charge in [0.1, 0.15) is 0 Å². The highest BCUT2D eigenvalue weighted by molar-refractivity contribution is 5.17. The predicted molar refractivity (Wildman–Crippen MR) is 48.4 cm³/mol. The first-order chi connectivity index (χ1) is 5.20. The molecule has 0 heterocycles. The van der Waals surface area contributed by atoms with Crippen LogP contribution in [0.2, 0.25) is 0 Å². The van der Waals surface area contributed by atoms with Gasteiger partial charge in [-0.1, -0.05) is 6.58 Å². The maximum absolute atomic E-state index is 4.95. The van der Waals surface area contributed by atoms with Crippen molar-refractivity contribution in [2.45, 2.75) is 13.8 Å². The van der Waals surface area contributed by atoms with Crippen molar-refractivity contribution in [1.82, 2.24) is 5.32 Å². The second-order valence-corrected chi connectivity index (χ2v) is 2.48. The molecule has 0 saturated heterocycles. The topological polar surface area (TPSA) is 21.3 Å². The minimum atomic E-state index is 0.671. The van der Waals surface area contributed by atoms with E-state index in [1.165, 1.54) is 5.57 Å². The lowest BCUT2D eigenvalue weighted by Gasteiger charge is -2.03. The van der Waals surface area contributed by atoms with Gasteiger partial charge >= 0.3 is 0 Å². The molecule has 0 fully saturated rings. The molecule has 0 spiro atoms. The zero-order chi connectivity index (χ0) is 8.69. The van der Waals surface area contributed by atoms with E-state index in [1.807, 2.05) is 19.9 Å². The summed E-state index contributed by atoms with van der Waals surface area (Å²) < 4.78 is 4.95. The summed E-state index contributed by atoms with van der Waals surface area (Å²) in [7, 11) is 1.69. The Balaban J connectivity index is 3.76. The van der Waals surface area contributed by atoms with Crippen LogP contribution in [0.4, 0.5) is 0 Å². The number of ether oxygens (including phenoxy) is 1. The maximum Gasteiger partial charge on any atom is 0.0674 e. The van der Waals surface area contributed by atoms with Gasteiger partial charge in [-0.15, -0.1) is 0 Å². The second kappa shape index (κ2) is 5.98. The summed E-state index contributed by atoms with van der Waals surface area (Å²) in [5, 5.41) is 3.11. The van der Waals surface area contributed by atoms with Crippen LogP contribution in [-0.4, -0.2) is 20.3 Å². The number of likely N-dealkylation sites (N-methyl/N-ethyl adjacent to an activating group) is 1. The Morgan fingerprint density at radius 3 is 2.73 bits per heavy atom.